The van der Waals surface area contributed by atoms with Crippen LogP contribution in [0.1, 0.15) is 5.56 Å². The van der Waals surface area contributed by atoms with E-state index in [1.165, 1.54) is 6.07 Å². The first-order valence-electron chi connectivity index (χ1n) is 4.52. The van der Waals surface area contributed by atoms with Gasteiger partial charge in [-0.15, -0.1) is 0 Å². The molecule has 0 bridgehead atoms. The van der Waals surface area contributed by atoms with Gasteiger partial charge in [0.05, 0.1) is 0 Å². The van der Waals surface area contributed by atoms with E-state index in [1.807, 2.05) is 0 Å². The molecule has 1 aromatic rings. The predicted octanol–water partition coefficient (Wildman–Crippen LogP) is 0.109. The summed E-state index contributed by atoms with van der Waals surface area (Å²) in [6, 6.07) is 3.15. The molecule has 0 unspecified atom stereocenters. The van der Waals surface area contributed by atoms with Crippen LogP contribution in [-0.2, 0) is 16.0 Å². The van der Waals surface area contributed by atoms with Crippen molar-refractivity contribution < 1.29 is 18.4 Å². The van der Waals surface area contributed by atoms with Crippen LogP contribution < -0.4 is 11.1 Å². The summed E-state index contributed by atoms with van der Waals surface area (Å²) in [7, 11) is 0. The molecule has 0 saturated carbocycles. The zero-order valence-electron chi connectivity index (χ0n) is 8.30. The Balaban J connectivity index is 2.49. The van der Waals surface area contributed by atoms with E-state index in [-0.39, 0.29) is 18.5 Å². The predicted molar refractivity (Wildman–Crippen MR) is 52.3 cm³/mol. The molecule has 0 heterocycles. The second kappa shape index (κ2) is 5.20. The highest BCUT2D eigenvalue weighted by Crippen LogP contribution is 2.09. The molecule has 6 heteroatoms. The van der Waals surface area contributed by atoms with E-state index in [4.69, 9.17) is 5.73 Å². The molecule has 0 fully saturated rings. The summed E-state index contributed by atoms with van der Waals surface area (Å²) in [6.45, 7) is 0.0598. The fraction of sp³-hybridized carbons (Fsp3) is 0.200. The second-order valence-corrected chi connectivity index (χ2v) is 3.11. The molecule has 0 radical (unpaired) electrons. The minimum absolute atomic E-state index is 0.0598. The number of benzene rings is 1. The summed E-state index contributed by atoms with van der Waals surface area (Å²) in [5.74, 6) is -3.38. The van der Waals surface area contributed by atoms with E-state index in [9.17, 15) is 18.4 Å². The molecule has 0 aliphatic rings. The second-order valence-electron chi connectivity index (χ2n) is 3.11. The highest BCUT2D eigenvalue weighted by molar-refractivity contribution is 6.34. The molecule has 3 N–H and O–H groups in total. The van der Waals surface area contributed by atoms with Gasteiger partial charge in [0.1, 0.15) is 11.6 Å². The first kappa shape index (κ1) is 12.1. The Kier molecular flexibility index (Phi) is 3.93. The zero-order valence-corrected chi connectivity index (χ0v) is 8.30. The fourth-order valence-corrected chi connectivity index (χ4v) is 1.12. The lowest BCUT2D eigenvalue weighted by molar-refractivity contribution is -0.137. The van der Waals surface area contributed by atoms with Crippen molar-refractivity contribution in [2.45, 2.75) is 6.42 Å². The molecule has 2 amide bonds. The van der Waals surface area contributed by atoms with Gasteiger partial charge in [0.25, 0.3) is 0 Å². The van der Waals surface area contributed by atoms with Gasteiger partial charge in [-0.05, 0) is 18.1 Å². The van der Waals surface area contributed by atoms with Gasteiger partial charge in [-0.1, -0.05) is 6.07 Å². The lowest BCUT2D eigenvalue weighted by Gasteiger charge is -2.04. The number of nitrogens with one attached hydrogen (secondary N) is 1. The van der Waals surface area contributed by atoms with Crippen molar-refractivity contribution in [2.24, 2.45) is 5.73 Å². The third kappa shape index (κ3) is 3.30. The third-order valence-electron chi connectivity index (χ3n) is 1.92. The molecule has 1 aromatic carbocycles. The minimum Gasteiger partial charge on any atom is -0.361 e. The molecule has 0 spiro atoms. The standard InChI is InChI=1S/C10H10F2N2O2/c11-7-2-1-6(8(12)5-7)3-4-14-10(16)9(13)15/h1-2,5H,3-4H2,(H2,13,15)(H,14,16). The summed E-state index contributed by atoms with van der Waals surface area (Å²) in [5, 5.41) is 2.20. The topological polar surface area (TPSA) is 72.2 Å². The SMILES string of the molecule is NC(=O)C(=O)NCCc1ccc(F)cc1F. The number of primary amides is 1. The Morgan fingerprint density at radius 2 is 2.00 bits per heavy atom. The van der Waals surface area contributed by atoms with Crippen molar-refractivity contribution in [3.63, 3.8) is 0 Å². The Hall–Kier alpha value is -1.98. The average Bonchev–Trinajstić information content (AvgIpc) is 2.20. The van der Waals surface area contributed by atoms with E-state index in [1.54, 1.807) is 0 Å². The van der Waals surface area contributed by atoms with Gasteiger partial charge in [-0.25, -0.2) is 8.78 Å². The van der Waals surface area contributed by atoms with Crippen molar-refractivity contribution >= 4 is 11.8 Å². The number of halogens is 2. The maximum absolute atomic E-state index is 13.1. The average molecular weight is 228 g/mol. The summed E-state index contributed by atoms with van der Waals surface area (Å²) in [4.78, 5) is 21.1. The molecule has 0 aliphatic heterocycles. The largest absolute Gasteiger partial charge is 0.361 e. The van der Waals surface area contributed by atoms with Crippen LogP contribution in [0.4, 0.5) is 8.78 Å². The van der Waals surface area contributed by atoms with E-state index in [0.717, 1.165) is 12.1 Å². The van der Waals surface area contributed by atoms with E-state index in [2.05, 4.69) is 5.32 Å². The normalized spacial score (nSPS) is 9.88. The summed E-state index contributed by atoms with van der Waals surface area (Å²) in [5.41, 5.74) is 4.95. The molecule has 1 rings (SSSR count). The molecule has 0 saturated heterocycles. The van der Waals surface area contributed by atoms with Crippen LogP contribution in [-0.4, -0.2) is 18.4 Å². The number of hydrogen-bond acceptors (Lipinski definition) is 2. The Labute approximate surface area is 90.4 Å². The molecular formula is C10H10F2N2O2. The molecular weight excluding hydrogens is 218 g/mol. The maximum atomic E-state index is 13.1. The Bertz CT molecular complexity index is 421. The molecule has 0 atom stereocenters. The molecule has 4 nitrogen and oxygen atoms in total. The zero-order chi connectivity index (χ0) is 12.1. The number of amides is 2. The van der Waals surface area contributed by atoms with Gasteiger partial charge in [0, 0.05) is 12.6 Å². The summed E-state index contributed by atoms with van der Waals surface area (Å²) >= 11 is 0. The lowest BCUT2D eigenvalue weighted by Crippen LogP contribution is -2.37. The van der Waals surface area contributed by atoms with Crippen LogP contribution in [0.5, 0.6) is 0 Å². The highest BCUT2D eigenvalue weighted by atomic mass is 19.1. The van der Waals surface area contributed by atoms with Crippen LogP contribution in [0.3, 0.4) is 0 Å². The van der Waals surface area contributed by atoms with Crippen LogP contribution in [0, 0.1) is 11.6 Å². The summed E-state index contributed by atoms with van der Waals surface area (Å²) < 4.78 is 25.6. The van der Waals surface area contributed by atoms with Crippen LogP contribution in [0.2, 0.25) is 0 Å². The van der Waals surface area contributed by atoms with Crippen LogP contribution in [0.25, 0.3) is 0 Å². The van der Waals surface area contributed by atoms with Gasteiger partial charge in [0.2, 0.25) is 0 Å². The Morgan fingerprint density at radius 1 is 1.31 bits per heavy atom. The smallest absolute Gasteiger partial charge is 0.309 e. The van der Waals surface area contributed by atoms with Gasteiger partial charge in [0.15, 0.2) is 0 Å². The lowest BCUT2D eigenvalue weighted by atomic mass is 10.1. The van der Waals surface area contributed by atoms with Crippen molar-refractivity contribution in [1.29, 1.82) is 0 Å². The van der Waals surface area contributed by atoms with E-state index < -0.39 is 23.4 Å². The number of rotatable bonds is 3. The fourth-order valence-electron chi connectivity index (χ4n) is 1.12. The summed E-state index contributed by atoms with van der Waals surface area (Å²) in [6.07, 6.45) is 0.158. The molecule has 86 valence electrons. The maximum Gasteiger partial charge on any atom is 0.309 e. The number of carbonyl (C=O) groups excluding carboxylic acids is 2. The highest BCUT2D eigenvalue weighted by Gasteiger charge is 2.08. The quantitative estimate of drug-likeness (QED) is 0.720. The van der Waals surface area contributed by atoms with Gasteiger partial charge in [-0.3, -0.25) is 9.59 Å². The Morgan fingerprint density at radius 3 is 2.56 bits per heavy atom. The van der Waals surface area contributed by atoms with Crippen LogP contribution in [0.15, 0.2) is 18.2 Å². The van der Waals surface area contributed by atoms with Gasteiger partial charge >= 0.3 is 11.8 Å². The van der Waals surface area contributed by atoms with Crippen LogP contribution >= 0.6 is 0 Å². The van der Waals surface area contributed by atoms with Crippen molar-refractivity contribution in [3.05, 3.63) is 35.4 Å². The minimum atomic E-state index is -1.10. The van der Waals surface area contributed by atoms with Crippen molar-refractivity contribution in [2.75, 3.05) is 6.54 Å². The number of nitrogens with two attached hydrogens (primary N) is 1. The molecule has 0 aliphatic carbocycles. The van der Waals surface area contributed by atoms with Gasteiger partial charge < -0.3 is 11.1 Å². The monoisotopic (exact) mass is 228 g/mol. The number of hydrogen-bond donors (Lipinski definition) is 2. The first-order valence-corrected chi connectivity index (χ1v) is 4.52. The van der Waals surface area contributed by atoms with E-state index in [0.29, 0.717) is 0 Å². The number of carbonyl (C=O) groups is 2. The van der Waals surface area contributed by atoms with E-state index >= 15 is 0 Å². The molecule has 16 heavy (non-hydrogen) atoms. The van der Waals surface area contributed by atoms with Gasteiger partial charge in [-0.2, -0.15) is 0 Å². The van der Waals surface area contributed by atoms with Crippen molar-refractivity contribution in [1.82, 2.24) is 5.32 Å². The third-order valence-corrected chi connectivity index (χ3v) is 1.92. The first-order chi connectivity index (χ1) is 7.50. The molecule has 0 aromatic heterocycles. The van der Waals surface area contributed by atoms with Crippen molar-refractivity contribution in [3.8, 4) is 0 Å².